The summed E-state index contributed by atoms with van der Waals surface area (Å²) in [5, 5.41) is 5.96. The topological polar surface area (TPSA) is 50.4 Å². The molecule has 0 aromatic heterocycles. The van der Waals surface area contributed by atoms with Gasteiger partial charge in [0.1, 0.15) is 0 Å². The van der Waals surface area contributed by atoms with Gasteiger partial charge >= 0.3 is 0 Å². The van der Waals surface area contributed by atoms with Crippen molar-refractivity contribution in [1.29, 1.82) is 0 Å². The lowest BCUT2D eigenvalue weighted by molar-refractivity contribution is -0.116. The number of amides is 1. The summed E-state index contributed by atoms with van der Waals surface area (Å²) in [5.41, 5.74) is 2.04. The molecule has 0 fully saturated rings. The molecule has 1 atom stereocenters. The fourth-order valence-electron chi connectivity index (χ4n) is 1.59. The van der Waals surface area contributed by atoms with Crippen LogP contribution in [0.2, 0.25) is 0 Å². The molecule has 4 heteroatoms. The van der Waals surface area contributed by atoms with Gasteiger partial charge in [0.05, 0.1) is 6.10 Å². The van der Waals surface area contributed by atoms with Gasteiger partial charge in [-0.3, -0.25) is 4.79 Å². The van der Waals surface area contributed by atoms with E-state index in [0.29, 0.717) is 6.42 Å². The molecular formula is C14H22N2O2. The number of hydrogen-bond donors (Lipinski definition) is 2. The maximum absolute atomic E-state index is 11.7. The van der Waals surface area contributed by atoms with Gasteiger partial charge in [-0.25, -0.2) is 0 Å². The van der Waals surface area contributed by atoms with Gasteiger partial charge in [0, 0.05) is 25.8 Å². The fourth-order valence-corrected chi connectivity index (χ4v) is 1.59. The molecule has 1 aromatic carbocycles. The van der Waals surface area contributed by atoms with Crippen molar-refractivity contribution < 1.29 is 9.53 Å². The van der Waals surface area contributed by atoms with Crippen LogP contribution >= 0.6 is 0 Å². The lowest BCUT2D eigenvalue weighted by atomic mass is 10.2. The van der Waals surface area contributed by atoms with Gasteiger partial charge in [-0.1, -0.05) is 12.1 Å². The zero-order valence-electron chi connectivity index (χ0n) is 11.3. The van der Waals surface area contributed by atoms with E-state index in [0.717, 1.165) is 18.7 Å². The second kappa shape index (κ2) is 7.84. The Kier molecular flexibility index (Phi) is 6.39. The molecular weight excluding hydrogens is 228 g/mol. The molecule has 18 heavy (non-hydrogen) atoms. The number of methoxy groups -OCH3 is 1. The molecule has 1 aromatic rings. The standard InChI is InChI=1S/C14H22N2O2/c1-11(18-3)4-9-14(17)16-13-7-5-12(6-8-13)10-15-2/h5-8,11,15H,4,9-10H2,1-3H3,(H,16,17). The molecule has 0 spiro atoms. The van der Waals surface area contributed by atoms with Gasteiger partial charge in [-0.05, 0) is 38.1 Å². The van der Waals surface area contributed by atoms with Crippen LogP contribution < -0.4 is 10.6 Å². The van der Waals surface area contributed by atoms with E-state index >= 15 is 0 Å². The number of carbonyl (C=O) groups excluding carboxylic acids is 1. The minimum absolute atomic E-state index is 0.0280. The van der Waals surface area contributed by atoms with Gasteiger partial charge in [0.25, 0.3) is 0 Å². The molecule has 0 aliphatic carbocycles. The van der Waals surface area contributed by atoms with Crippen LogP contribution in [0, 0.1) is 0 Å². The third-order valence-electron chi connectivity index (χ3n) is 2.80. The summed E-state index contributed by atoms with van der Waals surface area (Å²) in [5.74, 6) is 0.0280. The van der Waals surface area contributed by atoms with Crippen LogP contribution in [0.3, 0.4) is 0 Å². The van der Waals surface area contributed by atoms with Crippen LogP contribution in [0.15, 0.2) is 24.3 Å². The highest BCUT2D eigenvalue weighted by Gasteiger charge is 2.06. The Bertz CT molecular complexity index is 363. The van der Waals surface area contributed by atoms with E-state index in [1.54, 1.807) is 7.11 Å². The first kappa shape index (κ1) is 14.7. The molecule has 0 aliphatic heterocycles. The predicted molar refractivity (Wildman–Crippen MR) is 73.5 cm³/mol. The van der Waals surface area contributed by atoms with Crippen LogP contribution in [0.4, 0.5) is 5.69 Å². The lowest BCUT2D eigenvalue weighted by Crippen LogP contribution is -2.15. The molecule has 0 aliphatic rings. The number of ether oxygens (including phenoxy) is 1. The van der Waals surface area contributed by atoms with Crippen molar-refractivity contribution in [2.45, 2.75) is 32.4 Å². The van der Waals surface area contributed by atoms with E-state index in [2.05, 4.69) is 10.6 Å². The number of anilines is 1. The van der Waals surface area contributed by atoms with Gasteiger partial charge in [0.2, 0.25) is 5.91 Å². The molecule has 0 bridgehead atoms. The monoisotopic (exact) mass is 250 g/mol. The first-order valence-electron chi connectivity index (χ1n) is 6.22. The minimum atomic E-state index is 0.0280. The quantitative estimate of drug-likeness (QED) is 0.779. The highest BCUT2D eigenvalue weighted by molar-refractivity contribution is 5.90. The third kappa shape index (κ3) is 5.29. The van der Waals surface area contributed by atoms with Gasteiger partial charge in [-0.2, -0.15) is 0 Å². The van der Waals surface area contributed by atoms with Crippen LogP contribution in [0.1, 0.15) is 25.3 Å². The maximum Gasteiger partial charge on any atom is 0.224 e. The van der Waals surface area contributed by atoms with E-state index in [1.165, 1.54) is 5.56 Å². The van der Waals surface area contributed by atoms with Crippen molar-refractivity contribution in [3.8, 4) is 0 Å². The van der Waals surface area contributed by atoms with Crippen LogP contribution in [-0.4, -0.2) is 26.2 Å². The van der Waals surface area contributed by atoms with Crippen molar-refractivity contribution in [3.05, 3.63) is 29.8 Å². The highest BCUT2D eigenvalue weighted by Crippen LogP contribution is 2.10. The van der Waals surface area contributed by atoms with Crippen molar-refractivity contribution >= 4 is 11.6 Å². The fraction of sp³-hybridized carbons (Fsp3) is 0.500. The van der Waals surface area contributed by atoms with E-state index in [1.807, 2.05) is 38.2 Å². The Morgan fingerprint density at radius 2 is 2.00 bits per heavy atom. The Morgan fingerprint density at radius 3 is 2.56 bits per heavy atom. The van der Waals surface area contributed by atoms with Crippen molar-refractivity contribution in [1.82, 2.24) is 5.32 Å². The second-order valence-corrected chi connectivity index (χ2v) is 4.36. The normalized spacial score (nSPS) is 12.2. The minimum Gasteiger partial charge on any atom is -0.382 e. The lowest BCUT2D eigenvalue weighted by Gasteiger charge is -2.09. The highest BCUT2D eigenvalue weighted by atomic mass is 16.5. The molecule has 0 heterocycles. The number of nitrogens with one attached hydrogen (secondary N) is 2. The molecule has 100 valence electrons. The largest absolute Gasteiger partial charge is 0.382 e. The van der Waals surface area contributed by atoms with Gasteiger partial charge in [-0.15, -0.1) is 0 Å². The van der Waals surface area contributed by atoms with Crippen LogP contribution in [0.5, 0.6) is 0 Å². The van der Waals surface area contributed by atoms with Crippen molar-refractivity contribution in [2.24, 2.45) is 0 Å². The molecule has 1 unspecified atom stereocenters. The number of carbonyl (C=O) groups is 1. The van der Waals surface area contributed by atoms with E-state index in [-0.39, 0.29) is 12.0 Å². The van der Waals surface area contributed by atoms with Crippen LogP contribution in [-0.2, 0) is 16.1 Å². The molecule has 2 N–H and O–H groups in total. The first-order chi connectivity index (χ1) is 8.65. The Morgan fingerprint density at radius 1 is 1.33 bits per heavy atom. The molecule has 0 radical (unpaired) electrons. The zero-order chi connectivity index (χ0) is 13.4. The number of rotatable bonds is 7. The number of benzene rings is 1. The second-order valence-electron chi connectivity index (χ2n) is 4.36. The first-order valence-corrected chi connectivity index (χ1v) is 6.22. The summed E-state index contributed by atoms with van der Waals surface area (Å²) in [6.45, 7) is 2.79. The average Bonchev–Trinajstić information content (AvgIpc) is 2.38. The Hall–Kier alpha value is -1.39. The molecule has 0 saturated heterocycles. The Balaban J connectivity index is 2.39. The Labute approximate surface area is 109 Å². The van der Waals surface area contributed by atoms with E-state index in [9.17, 15) is 4.79 Å². The van der Waals surface area contributed by atoms with Crippen LogP contribution in [0.25, 0.3) is 0 Å². The SMILES string of the molecule is CNCc1ccc(NC(=O)CCC(C)OC)cc1. The summed E-state index contributed by atoms with van der Waals surface area (Å²) >= 11 is 0. The summed E-state index contributed by atoms with van der Waals surface area (Å²) in [7, 11) is 3.57. The van der Waals surface area contributed by atoms with Crippen molar-refractivity contribution in [2.75, 3.05) is 19.5 Å². The number of hydrogen-bond acceptors (Lipinski definition) is 3. The molecule has 0 saturated carbocycles. The average molecular weight is 250 g/mol. The summed E-state index contributed by atoms with van der Waals surface area (Å²) in [6.07, 6.45) is 1.33. The van der Waals surface area contributed by atoms with Crippen molar-refractivity contribution in [3.63, 3.8) is 0 Å². The smallest absolute Gasteiger partial charge is 0.224 e. The zero-order valence-corrected chi connectivity index (χ0v) is 11.3. The predicted octanol–water partition coefficient (Wildman–Crippen LogP) is 2.16. The molecule has 4 nitrogen and oxygen atoms in total. The van der Waals surface area contributed by atoms with Gasteiger partial charge in [0.15, 0.2) is 0 Å². The summed E-state index contributed by atoms with van der Waals surface area (Å²) in [6, 6.07) is 7.85. The summed E-state index contributed by atoms with van der Waals surface area (Å²) < 4.78 is 5.11. The van der Waals surface area contributed by atoms with Gasteiger partial charge < -0.3 is 15.4 Å². The molecule has 1 amide bonds. The van der Waals surface area contributed by atoms with E-state index in [4.69, 9.17) is 4.74 Å². The maximum atomic E-state index is 11.7. The van der Waals surface area contributed by atoms with E-state index < -0.39 is 0 Å². The molecule has 1 rings (SSSR count). The third-order valence-corrected chi connectivity index (χ3v) is 2.80. The summed E-state index contributed by atoms with van der Waals surface area (Å²) in [4.78, 5) is 11.7.